The molecular weight excluding hydrogens is 338 g/mol. The molecule has 0 spiro atoms. The first-order valence-electron chi connectivity index (χ1n) is 7.71. The number of nitrogens with one attached hydrogen (secondary N) is 1. The summed E-state index contributed by atoms with van der Waals surface area (Å²) in [5.74, 6) is -1.43. The molecule has 0 aliphatic carbocycles. The molecule has 0 heterocycles. The largest absolute Gasteiger partial charge is 0.323 e. The summed E-state index contributed by atoms with van der Waals surface area (Å²) in [7, 11) is -0.902. The molecule has 3 atom stereocenters. The van der Waals surface area contributed by atoms with E-state index in [0.29, 0.717) is 19.3 Å². The van der Waals surface area contributed by atoms with Gasteiger partial charge in [0.1, 0.15) is 11.9 Å². The van der Waals surface area contributed by atoms with Gasteiger partial charge < -0.3 is 5.32 Å². The summed E-state index contributed by atoms with van der Waals surface area (Å²) >= 11 is 0. The fourth-order valence-corrected chi connectivity index (χ4v) is 2.41. The average molecular weight is 367 g/mol. The highest BCUT2D eigenvalue weighted by Crippen LogP contribution is 2.19. The lowest BCUT2D eigenvalue weighted by atomic mass is 10.0. The van der Waals surface area contributed by atoms with Gasteiger partial charge in [-0.05, 0) is 26.9 Å². The average Bonchev–Trinajstić information content (AvgIpc) is 2.44. The molecule has 0 aromatic carbocycles. The number of unbranched alkanes of at least 4 members (excludes halogenated alkanes) is 5. The van der Waals surface area contributed by atoms with Crippen LogP contribution in [0.15, 0.2) is 0 Å². The molecule has 0 aliphatic heterocycles. The van der Waals surface area contributed by atoms with Crippen molar-refractivity contribution in [3.63, 3.8) is 0 Å². The predicted molar refractivity (Wildman–Crippen MR) is 84.4 cm³/mol. The number of rotatable bonds is 12. The van der Waals surface area contributed by atoms with E-state index in [1.54, 1.807) is 0 Å². The molecule has 4 nitrogen and oxygen atoms in total. The lowest BCUT2D eigenvalue weighted by molar-refractivity contribution is 0.0853. The Kier molecular flexibility index (Phi) is 16.3. The van der Waals surface area contributed by atoms with E-state index >= 15 is 0 Å². The smallest absolute Gasteiger partial charge is 0.267 e. The van der Waals surface area contributed by atoms with Crippen LogP contribution in [-0.4, -0.2) is 58.0 Å². The normalized spacial score (nSPS) is 15.4. The first-order chi connectivity index (χ1) is 10.7. The van der Waals surface area contributed by atoms with Crippen molar-refractivity contribution in [2.24, 2.45) is 0 Å². The minimum Gasteiger partial charge on any atom is -0.323 e. The Balaban J connectivity index is 0. The zero-order chi connectivity index (χ0) is 18.3. The van der Waals surface area contributed by atoms with E-state index in [2.05, 4.69) is 5.32 Å². The third-order valence-electron chi connectivity index (χ3n) is 2.92. The van der Waals surface area contributed by atoms with Crippen LogP contribution >= 0.6 is 0 Å². The van der Waals surface area contributed by atoms with Gasteiger partial charge in [-0.2, -0.15) is 8.42 Å². The summed E-state index contributed by atoms with van der Waals surface area (Å²) in [5.41, 5.74) is 0. The van der Waals surface area contributed by atoms with Gasteiger partial charge in [-0.1, -0.05) is 32.1 Å². The van der Waals surface area contributed by atoms with Gasteiger partial charge in [0, 0.05) is 0 Å². The maximum atomic E-state index is 13.3. The van der Waals surface area contributed by atoms with Crippen LogP contribution in [0, 0.1) is 0 Å². The summed E-state index contributed by atoms with van der Waals surface area (Å²) in [4.78, 5) is 0. The second kappa shape index (κ2) is 15.1. The van der Waals surface area contributed by atoms with Crippen molar-refractivity contribution >= 4 is 10.1 Å². The number of hydrogen-bond acceptors (Lipinski definition) is 3. The summed E-state index contributed by atoms with van der Waals surface area (Å²) < 4.78 is 80.4. The monoisotopic (exact) mass is 367 g/mol. The summed E-state index contributed by atoms with van der Waals surface area (Å²) in [5, 5.41) is 2.75. The lowest BCUT2D eigenvalue weighted by Gasteiger charge is -2.16. The molecule has 0 aromatic heterocycles. The Morgan fingerprint density at radius 3 is 1.78 bits per heavy atom. The standard InChI is InChI=1S/C12H22F4O3S.C2H7N/c13-8-6-4-2-1-3-5-7-10(14)12(16)11(15)9-20(17,18)19;1-3-2/h10-12H,1-9H2,(H,17,18,19);3H,1-2H3. The van der Waals surface area contributed by atoms with E-state index in [1.165, 1.54) is 0 Å². The molecule has 0 bridgehead atoms. The number of halogens is 4. The van der Waals surface area contributed by atoms with Crippen molar-refractivity contribution in [3.05, 3.63) is 0 Å². The van der Waals surface area contributed by atoms with Crippen LogP contribution in [0.1, 0.15) is 44.9 Å². The third-order valence-corrected chi connectivity index (χ3v) is 3.66. The van der Waals surface area contributed by atoms with E-state index in [-0.39, 0.29) is 13.1 Å². The van der Waals surface area contributed by atoms with E-state index in [4.69, 9.17) is 4.55 Å². The van der Waals surface area contributed by atoms with Crippen LogP contribution in [0.5, 0.6) is 0 Å². The molecule has 23 heavy (non-hydrogen) atoms. The number of hydrogen-bond donors (Lipinski definition) is 2. The topological polar surface area (TPSA) is 66.4 Å². The second-order valence-corrected chi connectivity index (χ2v) is 6.82. The SMILES string of the molecule is CNC.O=S(=O)(O)CC(F)C(F)C(F)CCCCCCCCF. The molecule has 0 saturated carbocycles. The maximum absolute atomic E-state index is 13.3. The Bertz CT molecular complexity index is 358. The van der Waals surface area contributed by atoms with Crippen LogP contribution in [-0.2, 0) is 10.1 Å². The van der Waals surface area contributed by atoms with Crippen LogP contribution in [0.4, 0.5) is 17.6 Å². The lowest BCUT2D eigenvalue weighted by Crippen LogP contribution is -2.33. The first kappa shape index (κ1) is 24.8. The number of alkyl halides is 4. The van der Waals surface area contributed by atoms with Gasteiger partial charge in [-0.25, -0.2) is 13.2 Å². The fourth-order valence-electron chi connectivity index (χ4n) is 1.82. The molecule has 0 amide bonds. The second-order valence-electron chi connectivity index (χ2n) is 5.32. The Labute approximate surface area is 136 Å². The van der Waals surface area contributed by atoms with E-state index in [1.807, 2.05) is 14.1 Å². The van der Waals surface area contributed by atoms with Crippen molar-refractivity contribution in [3.8, 4) is 0 Å². The highest BCUT2D eigenvalue weighted by atomic mass is 32.2. The van der Waals surface area contributed by atoms with Crippen LogP contribution in [0.3, 0.4) is 0 Å². The Morgan fingerprint density at radius 1 is 0.913 bits per heavy atom. The molecular formula is C14H29F4NO3S. The van der Waals surface area contributed by atoms with E-state index < -0.39 is 34.4 Å². The summed E-state index contributed by atoms with van der Waals surface area (Å²) in [6.45, 7) is -0.359. The quantitative estimate of drug-likeness (QED) is 0.315. The summed E-state index contributed by atoms with van der Waals surface area (Å²) in [6, 6.07) is 0. The molecule has 0 saturated heterocycles. The molecule has 3 unspecified atom stereocenters. The first-order valence-corrected chi connectivity index (χ1v) is 9.32. The maximum Gasteiger partial charge on any atom is 0.267 e. The van der Waals surface area contributed by atoms with Crippen molar-refractivity contribution < 1.29 is 30.5 Å². The molecule has 2 N–H and O–H groups in total. The van der Waals surface area contributed by atoms with Gasteiger partial charge in [0.2, 0.25) is 0 Å². The molecule has 9 heteroatoms. The Hall–Kier alpha value is -0.410. The molecule has 0 rings (SSSR count). The molecule has 0 aliphatic rings. The minimum absolute atomic E-state index is 0.198. The summed E-state index contributed by atoms with van der Waals surface area (Å²) in [6.07, 6.45) is -3.58. The Morgan fingerprint density at radius 2 is 1.35 bits per heavy atom. The van der Waals surface area contributed by atoms with Crippen LogP contribution < -0.4 is 5.32 Å². The predicted octanol–water partition coefficient (Wildman–Crippen LogP) is 3.42. The van der Waals surface area contributed by atoms with Crippen molar-refractivity contribution in [1.29, 1.82) is 0 Å². The highest BCUT2D eigenvalue weighted by molar-refractivity contribution is 7.85. The van der Waals surface area contributed by atoms with Gasteiger partial charge >= 0.3 is 0 Å². The molecule has 0 radical (unpaired) electrons. The van der Waals surface area contributed by atoms with E-state index in [9.17, 15) is 26.0 Å². The third kappa shape index (κ3) is 17.8. The highest BCUT2D eigenvalue weighted by Gasteiger charge is 2.32. The van der Waals surface area contributed by atoms with Crippen molar-refractivity contribution in [1.82, 2.24) is 5.32 Å². The van der Waals surface area contributed by atoms with Gasteiger partial charge in [-0.3, -0.25) is 8.94 Å². The van der Waals surface area contributed by atoms with Crippen LogP contribution in [0.2, 0.25) is 0 Å². The molecule has 0 fully saturated rings. The van der Waals surface area contributed by atoms with Crippen molar-refractivity contribution in [2.75, 3.05) is 26.5 Å². The van der Waals surface area contributed by atoms with Crippen molar-refractivity contribution in [2.45, 2.75) is 63.5 Å². The molecule has 0 aromatic rings. The van der Waals surface area contributed by atoms with Crippen LogP contribution in [0.25, 0.3) is 0 Å². The van der Waals surface area contributed by atoms with Gasteiger partial charge in [-0.15, -0.1) is 0 Å². The zero-order valence-electron chi connectivity index (χ0n) is 13.8. The van der Waals surface area contributed by atoms with Gasteiger partial charge in [0.05, 0.1) is 6.67 Å². The minimum atomic E-state index is -4.65. The fraction of sp³-hybridized carbons (Fsp3) is 1.00. The zero-order valence-corrected chi connectivity index (χ0v) is 14.6. The van der Waals surface area contributed by atoms with E-state index in [0.717, 1.165) is 19.3 Å². The van der Waals surface area contributed by atoms with Gasteiger partial charge in [0.25, 0.3) is 10.1 Å². The molecule has 142 valence electrons. The van der Waals surface area contributed by atoms with Gasteiger partial charge in [0.15, 0.2) is 12.3 Å².